The zero-order chi connectivity index (χ0) is 11.4. The minimum absolute atomic E-state index is 0.824. The number of thiophene rings is 1. The summed E-state index contributed by atoms with van der Waals surface area (Å²) >= 11 is 8.74. The average Bonchev–Trinajstić information content (AvgIpc) is 3.01. The summed E-state index contributed by atoms with van der Waals surface area (Å²) in [5.74, 6) is 0.865. The first-order chi connectivity index (χ1) is 7.75. The van der Waals surface area contributed by atoms with Gasteiger partial charge in [0.25, 0.3) is 0 Å². The standard InChI is InChI=1S/C11H15Br2NOS/c12-10-5-9(16-11(10)13)6-14-3-4-15-7-8-1-2-8/h5,8,14H,1-4,6-7H2. The molecule has 1 aliphatic rings. The lowest BCUT2D eigenvalue weighted by atomic mass is 10.4. The Kier molecular flexibility index (Phi) is 5.29. The van der Waals surface area contributed by atoms with Gasteiger partial charge in [0.15, 0.2) is 0 Å². The first-order valence-electron chi connectivity index (χ1n) is 5.48. The lowest BCUT2D eigenvalue weighted by molar-refractivity contribution is 0.126. The van der Waals surface area contributed by atoms with Crippen molar-refractivity contribution in [3.8, 4) is 0 Å². The van der Waals surface area contributed by atoms with Gasteiger partial charge in [-0.05, 0) is 56.7 Å². The van der Waals surface area contributed by atoms with E-state index in [4.69, 9.17) is 4.74 Å². The Morgan fingerprint density at radius 2 is 2.25 bits per heavy atom. The van der Waals surface area contributed by atoms with E-state index in [-0.39, 0.29) is 0 Å². The molecule has 90 valence electrons. The lowest BCUT2D eigenvalue weighted by Gasteiger charge is -2.04. The molecule has 2 rings (SSSR count). The first kappa shape index (κ1) is 13.0. The molecule has 0 unspecified atom stereocenters. The summed E-state index contributed by atoms with van der Waals surface area (Å²) in [6.07, 6.45) is 2.73. The van der Waals surface area contributed by atoms with Crippen molar-refractivity contribution in [2.24, 2.45) is 5.92 Å². The van der Waals surface area contributed by atoms with Gasteiger partial charge in [-0.3, -0.25) is 0 Å². The molecular weight excluding hydrogens is 354 g/mol. The molecule has 1 fully saturated rings. The zero-order valence-corrected chi connectivity index (χ0v) is 13.0. The SMILES string of the molecule is Brc1cc(CNCCOCC2CC2)sc1Br. The van der Waals surface area contributed by atoms with Gasteiger partial charge in [-0.2, -0.15) is 0 Å². The maximum atomic E-state index is 5.55. The predicted molar refractivity (Wildman–Crippen MR) is 75.0 cm³/mol. The Morgan fingerprint density at radius 3 is 2.88 bits per heavy atom. The van der Waals surface area contributed by atoms with Crippen molar-refractivity contribution in [1.29, 1.82) is 0 Å². The molecule has 0 amide bonds. The molecule has 5 heteroatoms. The summed E-state index contributed by atoms with van der Waals surface area (Å²) in [7, 11) is 0. The van der Waals surface area contributed by atoms with Crippen LogP contribution in [0.15, 0.2) is 14.3 Å². The number of hydrogen-bond donors (Lipinski definition) is 1. The molecule has 0 saturated heterocycles. The molecule has 1 aromatic rings. The van der Waals surface area contributed by atoms with Gasteiger partial charge in [0.05, 0.1) is 10.4 Å². The van der Waals surface area contributed by atoms with Crippen LogP contribution in [0.1, 0.15) is 17.7 Å². The summed E-state index contributed by atoms with van der Waals surface area (Å²) < 4.78 is 7.85. The van der Waals surface area contributed by atoms with Crippen molar-refractivity contribution in [3.63, 3.8) is 0 Å². The number of halogens is 2. The molecular formula is C11H15Br2NOS. The molecule has 0 bridgehead atoms. The Bertz CT molecular complexity index is 319. The quantitative estimate of drug-likeness (QED) is 0.739. The van der Waals surface area contributed by atoms with Crippen LogP contribution in [0.2, 0.25) is 0 Å². The average molecular weight is 369 g/mol. The van der Waals surface area contributed by atoms with Crippen molar-refractivity contribution in [1.82, 2.24) is 5.32 Å². The monoisotopic (exact) mass is 367 g/mol. The van der Waals surface area contributed by atoms with Gasteiger partial charge in [0.2, 0.25) is 0 Å². The third kappa shape index (κ3) is 4.45. The first-order valence-corrected chi connectivity index (χ1v) is 7.88. The number of nitrogens with one attached hydrogen (secondary N) is 1. The van der Waals surface area contributed by atoms with Crippen LogP contribution in [0.3, 0.4) is 0 Å². The number of hydrogen-bond acceptors (Lipinski definition) is 3. The van der Waals surface area contributed by atoms with Gasteiger partial charge in [-0.1, -0.05) is 0 Å². The van der Waals surface area contributed by atoms with E-state index < -0.39 is 0 Å². The number of rotatable bonds is 7. The van der Waals surface area contributed by atoms with Gasteiger partial charge in [0.1, 0.15) is 0 Å². The maximum absolute atomic E-state index is 5.55. The Balaban J connectivity index is 1.53. The molecule has 0 atom stereocenters. The topological polar surface area (TPSA) is 21.3 Å². The highest BCUT2D eigenvalue weighted by molar-refractivity contribution is 9.13. The van der Waals surface area contributed by atoms with Gasteiger partial charge >= 0.3 is 0 Å². The molecule has 1 heterocycles. The van der Waals surface area contributed by atoms with Crippen LogP contribution in [0, 0.1) is 5.92 Å². The van der Waals surface area contributed by atoms with Crippen LogP contribution in [-0.4, -0.2) is 19.8 Å². The normalized spacial score (nSPS) is 15.6. The fourth-order valence-electron chi connectivity index (χ4n) is 1.37. The highest BCUT2D eigenvalue weighted by Crippen LogP contribution is 2.32. The number of ether oxygens (including phenoxy) is 1. The fraction of sp³-hybridized carbons (Fsp3) is 0.636. The lowest BCUT2D eigenvalue weighted by Crippen LogP contribution is -2.19. The second kappa shape index (κ2) is 6.50. The van der Waals surface area contributed by atoms with E-state index in [1.165, 1.54) is 17.7 Å². The Hall–Kier alpha value is 0.580. The molecule has 1 aliphatic carbocycles. The van der Waals surface area contributed by atoms with E-state index in [2.05, 4.69) is 43.2 Å². The van der Waals surface area contributed by atoms with Crippen molar-refractivity contribution < 1.29 is 4.74 Å². The van der Waals surface area contributed by atoms with E-state index in [9.17, 15) is 0 Å². The second-order valence-electron chi connectivity index (χ2n) is 4.03. The summed E-state index contributed by atoms with van der Waals surface area (Å²) in [6, 6.07) is 2.15. The third-order valence-electron chi connectivity index (χ3n) is 2.47. The van der Waals surface area contributed by atoms with Crippen LogP contribution in [0.4, 0.5) is 0 Å². The van der Waals surface area contributed by atoms with Crippen molar-refractivity contribution in [3.05, 3.63) is 19.2 Å². The highest BCUT2D eigenvalue weighted by atomic mass is 79.9. The van der Waals surface area contributed by atoms with Gasteiger partial charge in [-0.15, -0.1) is 11.3 Å². The van der Waals surface area contributed by atoms with Crippen LogP contribution in [-0.2, 0) is 11.3 Å². The van der Waals surface area contributed by atoms with E-state index in [1.807, 2.05) is 0 Å². The van der Waals surface area contributed by atoms with Crippen LogP contribution < -0.4 is 5.32 Å². The minimum Gasteiger partial charge on any atom is -0.380 e. The van der Waals surface area contributed by atoms with E-state index >= 15 is 0 Å². The summed E-state index contributed by atoms with van der Waals surface area (Å²) in [4.78, 5) is 1.33. The van der Waals surface area contributed by atoms with Gasteiger partial charge < -0.3 is 10.1 Å². The second-order valence-corrected chi connectivity index (χ2v) is 7.34. The highest BCUT2D eigenvalue weighted by Gasteiger charge is 2.20. The van der Waals surface area contributed by atoms with E-state index in [0.717, 1.165) is 40.5 Å². The molecule has 1 saturated carbocycles. The van der Waals surface area contributed by atoms with Gasteiger partial charge in [-0.25, -0.2) is 0 Å². The van der Waals surface area contributed by atoms with Crippen molar-refractivity contribution in [2.45, 2.75) is 19.4 Å². The van der Waals surface area contributed by atoms with Crippen molar-refractivity contribution in [2.75, 3.05) is 19.8 Å². The molecule has 0 aliphatic heterocycles. The molecule has 16 heavy (non-hydrogen) atoms. The zero-order valence-electron chi connectivity index (χ0n) is 8.97. The summed E-state index contributed by atoms with van der Waals surface area (Å²) in [5, 5.41) is 3.38. The van der Waals surface area contributed by atoms with Crippen LogP contribution in [0.5, 0.6) is 0 Å². The largest absolute Gasteiger partial charge is 0.380 e. The predicted octanol–water partition coefficient (Wildman–Crippen LogP) is 3.79. The smallest absolute Gasteiger partial charge is 0.0843 e. The maximum Gasteiger partial charge on any atom is 0.0843 e. The van der Waals surface area contributed by atoms with E-state index in [0.29, 0.717) is 0 Å². The summed E-state index contributed by atoms with van der Waals surface area (Å²) in [5.41, 5.74) is 0. The summed E-state index contributed by atoms with van der Waals surface area (Å²) in [6.45, 7) is 3.63. The van der Waals surface area contributed by atoms with E-state index in [1.54, 1.807) is 11.3 Å². The van der Waals surface area contributed by atoms with Crippen molar-refractivity contribution >= 4 is 43.2 Å². The fourth-order valence-corrected chi connectivity index (χ4v) is 3.52. The molecule has 0 radical (unpaired) electrons. The Morgan fingerprint density at radius 1 is 1.44 bits per heavy atom. The molecule has 1 N–H and O–H groups in total. The molecule has 2 nitrogen and oxygen atoms in total. The molecule has 1 aromatic heterocycles. The van der Waals surface area contributed by atoms with Crippen LogP contribution >= 0.6 is 43.2 Å². The van der Waals surface area contributed by atoms with Crippen LogP contribution in [0.25, 0.3) is 0 Å². The van der Waals surface area contributed by atoms with Gasteiger partial charge in [0, 0.05) is 29.0 Å². The third-order valence-corrected chi connectivity index (χ3v) is 5.73. The molecule has 0 aromatic carbocycles. The minimum atomic E-state index is 0.824. The molecule has 0 spiro atoms. The Labute approximate surface area is 117 Å².